The van der Waals surface area contributed by atoms with Crippen LogP contribution < -0.4 is 10.6 Å². The summed E-state index contributed by atoms with van der Waals surface area (Å²) in [4.78, 5) is 34.3. The standard InChI is InChI=1S/C28H30N4O2S2/c1-27(2,3)19-11-7-17(8-12-19)23(33)31-25-29-21(15-35-25)22-16-36-26(30-22)32-24(34)18-9-13-20(14-10-18)28(4,5)6/h7-16H,1-6H3,(H,29,31,33)(H,30,32,34). The van der Waals surface area contributed by atoms with Gasteiger partial charge in [-0.2, -0.15) is 0 Å². The van der Waals surface area contributed by atoms with Gasteiger partial charge in [-0.15, -0.1) is 22.7 Å². The van der Waals surface area contributed by atoms with Crippen LogP contribution in [0.25, 0.3) is 11.4 Å². The Hall–Kier alpha value is -3.36. The molecule has 2 aromatic heterocycles. The molecule has 0 fully saturated rings. The minimum absolute atomic E-state index is 0.0297. The average molecular weight is 519 g/mol. The number of aromatic nitrogens is 2. The third-order valence-corrected chi connectivity index (χ3v) is 7.25. The summed E-state index contributed by atoms with van der Waals surface area (Å²) in [5.41, 5.74) is 4.84. The summed E-state index contributed by atoms with van der Waals surface area (Å²) >= 11 is 2.66. The molecule has 8 heteroatoms. The van der Waals surface area contributed by atoms with Gasteiger partial charge in [0.25, 0.3) is 11.8 Å². The van der Waals surface area contributed by atoms with E-state index in [1.807, 2.05) is 59.3 Å². The number of amides is 2. The first-order valence-corrected chi connectivity index (χ1v) is 13.4. The maximum absolute atomic E-state index is 12.7. The molecule has 0 bridgehead atoms. The van der Waals surface area contributed by atoms with Gasteiger partial charge in [0.2, 0.25) is 0 Å². The van der Waals surface area contributed by atoms with Gasteiger partial charge >= 0.3 is 0 Å². The van der Waals surface area contributed by atoms with Crippen LogP contribution in [-0.4, -0.2) is 21.8 Å². The van der Waals surface area contributed by atoms with Crippen LogP contribution in [-0.2, 0) is 10.8 Å². The molecule has 2 amide bonds. The lowest BCUT2D eigenvalue weighted by molar-refractivity contribution is 0.101. The molecule has 0 aliphatic carbocycles. The molecule has 0 spiro atoms. The van der Waals surface area contributed by atoms with Crippen molar-refractivity contribution >= 4 is 44.8 Å². The zero-order valence-electron chi connectivity index (χ0n) is 21.3. The number of benzene rings is 2. The fraction of sp³-hybridized carbons (Fsp3) is 0.286. The van der Waals surface area contributed by atoms with Gasteiger partial charge < -0.3 is 0 Å². The van der Waals surface area contributed by atoms with Crippen LogP contribution in [0.5, 0.6) is 0 Å². The van der Waals surface area contributed by atoms with Crippen LogP contribution in [0.2, 0.25) is 0 Å². The van der Waals surface area contributed by atoms with Crippen LogP contribution >= 0.6 is 22.7 Å². The van der Waals surface area contributed by atoms with Gasteiger partial charge in [-0.3, -0.25) is 20.2 Å². The monoisotopic (exact) mass is 518 g/mol. The van der Waals surface area contributed by atoms with Crippen LogP contribution in [0.15, 0.2) is 59.3 Å². The van der Waals surface area contributed by atoms with Crippen molar-refractivity contribution in [3.8, 4) is 11.4 Å². The van der Waals surface area contributed by atoms with Gasteiger partial charge in [-0.25, -0.2) is 9.97 Å². The van der Waals surface area contributed by atoms with E-state index in [9.17, 15) is 9.59 Å². The number of hydrogen-bond acceptors (Lipinski definition) is 6. The maximum atomic E-state index is 12.7. The Morgan fingerprint density at radius 1 is 0.611 bits per heavy atom. The highest BCUT2D eigenvalue weighted by molar-refractivity contribution is 7.15. The molecule has 0 atom stereocenters. The summed E-state index contributed by atoms with van der Waals surface area (Å²) in [6.45, 7) is 12.8. The lowest BCUT2D eigenvalue weighted by Crippen LogP contribution is -2.14. The van der Waals surface area contributed by atoms with Crippen LogP contribution in [0.3, 0.4) is 0 Å². The summed E-state index contributed by atoms with van der Waals surface area (Å²) in [7, 11) is 0. The first-order valence-electron chi connectivity index (χ1n) is 11.7. The molecule has 36 heavy (non-hydrogen) atoms. The van der Waals surface area contributed by atoms with Gasteiger partial charge in [0, 0.05) is 21.9 Å². The van der Waals surface area contributed by atoms with Crippen LogP contribution in [0, 0.1) is 0 Å². The molecule has 2 aromatic carbocycles. The van der Waals surface area contributed by atoms with Gasteiger partial charge in [0.1, 0.15) is 11.4 Å². The highest BCUT2D eigenvalue weighted by atomic mass is 32.1. The minimum Gasteiger partial charge on any atom is -0.298 e. The molecule has 6 nitrogen and oxygen atoms in total. The predicted molar refractivity (Wildman–Crippen MR) is 149 cm³/mol. The van der Waals surface area contributed by atoms with E-state index >= 15 is 0 Å². The van der Waals surface area contributed by atoms with E-state index in [4.69, 9.17) is 0 Å². The van der Waals surface area contributed by atoms with Gasteiger partial charge in [-0.1, -0.05) is 65.8 Å². The average Bonchev–Trinajstić information content (AvgIpc) is 3.47. The summed E-state index contributed by atoms with van der Waals surface area (Å²) < 4.78 is 0. The van der Waals surface area contributed by atoms with E-state index in [2.05, 4.69) is 62.1 Å². The summed E-state index contributed by atoms with van der Waals surface area (Å²) in [5.74, 6) is -0.417. The topological polar surface area (TPSA) is 84.0 Å². The van der Waals surface area contributed by atoms with E-state index in [1.165, 1.54) is 33.8 Å². The van der Waals surface area contributed by atoms with Crippen molar-refractivity contribution in [3.05, 3.63) is 81.5 Å². The Morgan fingerprint density at radius 3 is 1.25 bits per heavy atom. The summed E-state index contributed by atoms with van der Waals surface area (Å²) in [6.07, 6.45) is 0. The first kappa shape index (κ1) is 25.7. The van der Waals surface area contributed by atoms with E-state index in [1.54, 1.807) is 0 Å². The molecule has 4 aromatic rings. The molecule has 0 saturated heterocycles. The number of rotatable bonds is 5. The second-order valence-electron chi connectivity index (χ2n) is 10.6. The van der Waals surface area contributed by atoms with Gasteiger partial charge in [0.15, 0.2) is 10.3 Å². The minimum atomic E-state index is -0.208. The van der Waals surface area contributed by atoms with Crippen molar-refractivity contribution in [1.82, 2.24) is 9.97 Å². The van der Waals surface area contributed by atoms with Crippen molar-refractivity contribution < 1.29 is 9.59 Å². The number of carbonyl (C=O) groups is 2. The van der Waals surface area contributed by atoms with Crippen LogP contribution in [0.1, 0.15) is 73.4 Å². The van der Waals surface area contributed by atoms with Crippen molar-refractivity contribution in [2.24, 2.45) is 0 Å². The molecule has 0 saturated carbocycles. The zero-order valence-corrected chi connectivity index (χ0v) is 22.9. The fourth-order valence-electron chi connectivity index (χ4n) is 3.48. The van der Waals surface area contributed by atoms with Crippen molar-refractivity contribution in [1.29, 1.82) is 0 Å². The number of nitrogens with zero attached hydrogens (tertiary/aromatic N) is 2. The third kappa shape index (κ3) is 6.06. The van der Waals surface area contributed by atoms with Crippen LogP contribution in [0.4, 0.5) is 10.3 Å². The predicted octanol–water partition coefficient (Wildman–Crippen LogP) is 7.37. The quantitative estimate of drug-likeness (QED) is 0.289. The fourth-order valence-corrected chi connectivity index (χ4v) is 4.88. The molecule has 0 aliphatic rings. The van der Waals surface area contributed by atoms with E-state index in [0.717, 1.165) is 0 Å². The van der Waals surface area contributed by atoms with Gasteiger partial charge in [-0.05, 0) is 46.2 Å². The molecule has 2 N–H and O–H groups in total. The lowest BCUT2D eigenvalue weighted by atomic mass is 9.86. The van der Waals surface area contributed by atoms with Gasteiger partial charge in [0.05, 0.1) is 0 Å². The second-order valence-corrected chi connectivity index (χ2v) is 12.4. The Balaban J connectivity index is 1.39. The Bertz CT molecular complexity index is 1260. The van der Waals surface area contributed by atoms with Crippen molar-refractivity contribution in [2.45, 2.75) is 52.4 Å². The molecule has 0 radical (unpaired) electrons. The number of anilines is 2. The van der Waals surface area contributed by atoms with Crippen molar-refractivity contribution in [3.63, 3.8) is 0 Å². The molecule has 0 aliphatic heterocycles. The van der Waals surface area contributed by atoms with E-state index in [-0.39, 0.29) is 22.6 Å². The number of thiazole rings is 2. The largest absolute Gasteiger partial charge is 0.298 e. The Kier molecular flexibility index (Phi) is 7.11. The summed E-state index contributed by atoms with van der Waals surface area (Å²) in [5, 5.41) is 10.4. The SMILES string of the molecule is CC(C)(C)c1ccc(C(=O)Nc2nc(-c3csc(NC(=O)c4ccc(C(C)(C)C)cc4)n3)cs2)cc1. The lowest BCUT2D eigenvalue weighted by Gasteiger charge is -2.18. The number of carbonyl (C=O) groups excluding carboxylic acids is 2. The van der Waals surface area contributed by atoms with Crippen molar-refractivity contribution in [2.75, 3.05) is 10.6 Å². The number of nitrogens with one attached hydrogen (secondary N) is 2. The zero-order chi connectivity index (χ0) is 26.1. The maximum Gasteiger partial charge on any atom is 0.257 e. The summed E-state index contributed by atoms with van der Waals surface area (Å²) in [6, 6.07) is 15.2. The smallest absolute Gasteiger partial charge is 0.257 e. The molecule has 186 valence electrons. The van der Waals surface area contributed by atoms with E-state index in [0.29, 0.717) is 32.8 Å². The van der Waals surface area contributed by atoms with E-state index < -0.39 is 0 Å². The highest BCUT2D eigenvalue weighted by Gasteiger charge is 2.17. The molecular formula is C28H30N4O2S2. The highest BCUT2D eigenvalue weighted by Crippen LogP contribution is 2.29. The normalized spacial score (nSPS) is 11.8. The molecule has 2 heterocycles. The number of hydrogen-bond donors (Lipinski definition) is 2. The Morgan fingerprint density at radius 2 is 0.944 bits per heavy atom. The first-order chi connectivity index (χ1) is 16.9. The second kappa shape index (κ2) is 9.95. The molecule has 0 unspecified atom stereocenters. The molecule has 4 rings (SSSR count). The molecular weight excluding hydrogens is 488 g/mol. The third-order valence-electron chi connectivity index (χ3n) is 5.74. The Labute approximate surface area is 219 Å².